The topological polar surface area (TPSA) is 55.8 Å². The minimum Gasteiger partial charge on any atom is -0.493 e. The number of hydrogen-bond acceptors (Lipinski definition) is 4. The Kier molecular flexibility index (Phi) is 3.76. The minimum atomic E-state index is -0.536. The van der Waals surface area contributed by atoms with Gasteiger partial charge < -0.3 is 14.4 Å². The number of ether oxygens (including phenoxy) is 2. The van der Waals surface area contributed by atoms with Gasteiger partial charge in [-0.15, -0.1) is 0 Å². The molecule has 1 aliphatic carbocycles. The molecule has 0 aromatic heterocycles. The Morgan fingerprint density at radius 2 is 2.25 bits per heavy atom. The number of halogens is 2. The molecular formula is C17H15Br2NO4. The van der Waals surface area contributed by atoms with Gasteiger partial charge in [0.2, 0.25) is 6.41 Å². The van der Waals surface area contributed by atoms with Crippen LogP contribution in [0, 0.1) is 0 Å². The van der Waals surface area contributed by atoms with Crippen LogP contribution in [-0.2, 0) is 21.4 Å². The van der Waals surface area contributed by atoms with Crippen LogP contribution in [0.2, 0.25) is 0 Å². The second kappa shape index (κ2) is 5.59. The second-order valence-corrected chi connectivity index (χ2v) is 8.04. The Morgan fingerprint density at radius 3 is 2.96 bits per heavy atom. The lowest BCUT2D eigenvalue weighted by Gasteiger charge is -2.36. The highest BCUT2D eigenvalue weighted by Gasteiger charge is 2.55. The van der Waals surface area contributed by atoms with Gasteiger partial charge in [-0.25, -0.2) is 0 Å². The highest BCUT2D eigenvalue weighted by molar-refractivity contribution is 9.12. The first-order valence-corrected chi connectivity index (χ1v) is 9.26. The summed E-state index contributed by atoms with van der Waals surface area (Å²) in [5, 5.41) is 0. The normalized spacial score (nSPS) is 27.6. The first-order chi connectivity index (χ1) is 11.5. The van der Waals surface area contributed by atoms with Gasteiger partial charge in [0.15, 0.2) is 17.3 Å². The third-order valence-electron chi connectivity index (χ3n) is 5.10. The Morgan fingerprint density at radius 1 is 1.46 bits per heavy atom. The van der Waals surface area contributed by atoms with E-state index in [4.69, 9.17) is 9.47 Å². The molecule has 2 atom stereocenters. The van der Waals surface area contributed by atoms with Gasteiger partial charge in [0.1, 0.15) is 6.10 Å². The van der Waals surface area contributed by atoms with Crippen LogP contribution >= 0.6 is 31.9 Å². The predicted octanol–water partition coefficient (Wildman–Crippen LogP) is 2.72. The van der Waals surface area contributed by atoms with Crippen molar-refractivity contribution in [3.05, 3.63) is 32.2 Å². The van der Waals surface area contributed by atoms with Crippen LogP contribution < -0.4 is 9.47 Å². The molecule has 0 saturated carbocycles. The highest BCUT2D eigenvalue weighted by atomic mass is 79.9. The summed E-state index contributed by atoms with van der Waals surface area (Å²) in [7, 11) is 1.61. The summed E-state index contributed by atoms with van der Waals surface area (Å²) < 4.78 is 13.2. The van der Waals surface area contributed by atoms with E-state index in [1.165, 1.54) is 0 Å². The van der Waals surface area contributed by atoms with Gasteiger partial charge in [-0.3, -0.25) is 9.59 Å². The molecule has 2 unspecified atom stereocenters. The number of allylic oxidation sites excluding steroid dienone is 1. The maximum Gasteiger partial charge on any atom is 0.209 e. The zero-order valence-corrected chi connectivity index (χ0v) is 16.1. The molecule has 0 bridgehead atoms. The lowest BCUT2D eigenvalue weighted by atomic mass is 9.71. The summed E-state index contributed by atoms with van der Waals surface area (Å²) in [5.74, 6) is 1.35. The predicted molar refractivity (Wildman–Crippen MR) is 94.8 cm³/mol. The molecule has 0 saturated heterocycles. The number of methoxy groups -OCH3 is 1. The molecular weight excluding hydrogens is 442 g/mol. The standard InChI is InChI=1S/C17H15Br2NO4/c1-23-13-4-10(18)9-2-3-20(8-21)7-17-6-11(19)12(22)5-14(17)24-16(13)15(9)17/h4,6,8,14H,2-3,5,7H2,1H3. The number of hydrogen-bond donors (Lipinski definition) is 0. The molecule has 24 heavy (non-hydrogen) atoms. The molecule has 1 spiro atoms. The molecule has 0 N–H and O–H groups in total. The molecule has 0 fully saturated rings. The number of ketones is 1. The van der Waals surface area contributed by atoms with Crippen LogP contribution in [0.15, 0.2) is 21.1 Å². The van der Waals surface area contributed by atoms with Crippen LogP contribution in [0.3, 0.4) is 0 Å². The first kappa shape index (κ1) is 16.1. The molecule has 1 aromatic carbocycles. The van der Waals surface area contributed by atoms with E-state index in [1.54, 1.807) is 12.0 Å². The van der Waals surface area contributed by atoms with Gasteiger partial charge in [0, 0.05) is 29.5 Å². The third-order valence-corrected chi connectivity index (χ3v) is 6.48. The smallest absolute Gasteiger partial charge is 0.209 e. The van der Waals surface area contributed by atoms with Crippen molar-refractivity contribution >= 4 is 44.1 Å². The second-order valence-electron chi connectivity index (χ2n) is 6.34. The van der Waals surface area contributed by atoms with Crippen molar-refractivity contribution in [2.45, 2.75) is 24.4 Å². The number of nitrogens with zero attached hydrogens (tertiary/aromatic N) is 1. The van der Waals surface area contributed by atoms with Crippen molar-refractivity contribution in [1.29, 1.82) is 0 Å². The van der Waals surface area contributed by atoms with Crippen LogP contribution in [0.5, 0.6) is 11.5 Å². The third kappa shape index (κ3) is 2.10. The average molecular weight is 457 g/mol. The molecule has 3 aliphatic rings. The number of carbonyl (C=O) groups is 2. The van der Waals surface area contributed by atoms with Crippen molar-refractivity contribution in [3.63, 3.8) is 0 Å². The van der Waals surface area contributed by atoms with Crippen molar-refractivity contribution in [3.8, 4) is 11.5 Å². The Labute approximate surface area is 156 Å². The van der Waals surface area contributed by atoms with E-state index >= 15 is 0 Å². The fraction of sp³-hybridized carbons (Fsp3) is 0.412. The van der Waals surface area contributed by atoms with Crippen LogP contribution in [0.4, 0.5) is 0 Å². The number of carbonyl (C=O) groups excluding carboxylic acids is 2. The Bertz CT molecular complexity index is 791. The van der Waals surface area contributed by atoms with Crippen molar-refractivity contribution in [1.82, 2.24) is 4.90 Å². The molecule has 2 aliphatic heterocycles. The molecule has 1 aromatic rings. The van der Waals surface area contributed by atoms with E-state index < -0.39 is 5.41 Å². The number of rotatable bonds is 2. The minimum absolute atomic E-state index is 0.0138. The summed E-state index contributed by atoms with van der Waals surface area (Å²) in [5.41, 5.74) is 1.61. The SMILES string of the molecule is COc1cc(Br)c2c3c1OC1CC(=O)C(Br)=CC31CN(C=O)CC2. The van der Waals surface area contributed by atoms with Crippen molar-refractivity contribution in [2.75, 3.05) is 20.2 Å². The quantitative estimate of drug-likeness (QED) is 0.642. The number of benzene rings is 1. The van der Waals surface area contributed by atoms with Crippen LogP contribution in [0.1, 0.15) is 17.5 Å². The average Bonchev–Trinajstić information content (AvgIpc) is 2.76. The molecule has 126 valence electrons. The Hall–Kier alpha value is -1.34. The molecule has 5 nitrogen and oxygen atoms in total. The maximum absolute atomic E-state index is 12.2. The molecule has 0 radical (unpaired) electrons. The van der Waals surface area contributed by atoms with Crippen molar-refractivity contribution < 1.29 is 19.1 Å². The molecule has 4 rings (SSSR count). The van der Waals surface area contributed by atoms with Crippen LogP contribution in [0.25, 0.3) is 0 Å². The van der Waals surface area contributed by atoms with Crippen LogP contribution in [-0.4, -0.2) is 43.4 Å². The fourth-order valence-electron chi connectivity index (χ4n) is 4.01. The molecule has 2 heterocycles. The van der Waals surface area contributed by atoms with E-state index in [2.05, 4.69) is 31.9 Å². The summed E-state index contributed by atoms with van der Waals surface area (Å²) >= 11 is 7.03. The molecule has 7 heteroatoms. The van der Waals surface area contributed by atoms with Gasteiger partial charge in [-0.05, 0) is 34.0 Å². The van der Waals surface area contributed by atoms with E-state index in [9.17, 15) is 9.59 Å². The van der Waals surface area contributed by atoms with E-state index in [1.807, 2.05) is 12.1 Å². The molecule has 1 amide bonds. The zero-order valence-electron chi connectivity index (χ0n) is 13.0. The van der Waals surface area contributed by atoms with E-state index in [0.29, 0.717) is 29.1 Å². The highest BCUT2D eigenvalue weighted by Crippen LogP contribution is 2.56. The maximum atomic E-state index is 12.2. The lowest BCUT2D eigenvalue weighted by molar-refractivity contribution is -0.119. The lowest BCUT2D eigenvalue weighted by Crippen LogP contribution is -2.48. The summed E-state index contributed by atoms with van der Waals surface area (Å²) in [6, 6.07) is 1.90. The van der Waals surface area contributed by atoms with Gasteiger partial charge >= 0.3 is 0 Å². The number of amides is 1. The fourth-order valence-corrected chi connectivity index (χ4v) is 5.18. The summed E-state index contributed by atoms with van der Waals surface area (Å²) in [6.45, 7) is 1.12. The first-order valence-electron chi connectivity index (χ1n) is 7.67. The zero-order chi connectivity index (χ0) is 17.1. The number of Topliss-reactive ketones (excluding diaryl/α,β-unsaturated/α-hetero) is 1. The van der Waals surface area contributed by atoms with Gasteiger partial charge in [0.05, 0.1) is 17.0 Å². The van der Waals surface area contributed by atoms with Gasteiger partial charge in [-0.2, -0.15) is 0 Å². The summed E-state index contributed by atoms with van der Waals surface area (Å²) in [4.78, 5) is 25.5. The van der Waals surface area contributed by atoms with Crippen molar-refractivity contribution in [2.24, 2.45) is 0 Å². The van der Waals surface area contributed by atoms with Gasteiger partial charge in [0.25, 0.3) is 0 Å². The van der Waals surface area contributed by atoms with Gasteiger partial charge in [-0.1, -0.05) is 22.0 Å². The largest absolute Gasteiger partial charge is 0.493 e. The van der Waals surface area contributed by atoms with E-state index in [0.717, 1.165) is 28.4 Å². The summed E-state index contributed by atoms with van der Waals surface area (Å²) in [6.07, 6.45) is 3.47. The monoisotopic (exact) mass is 455 g/mol. The Balaban J connectivity index is 2.03. The van der Waals surface area contributed by atoms with E-state index in [-0.39, 0.29) is 18.3 Å².